The fraction of sp³-hybridized carbons (Fsp3) is 0.333. The number of hydrogen-bond acceptors (Lipinski definition) is 3. The van der Waals surface area contributed by atoms with E-state index in [1.54, 1.807) is 11.3 Å². The van der Waals surface area contributed by atoms with Crippen molar-refractivity contribution >= 4 is 23.6 Å². The van der Waals surface area contributed by atoms with E-state index in [4.69, 9.17) is 12.2 Å². The Bertz CT molecular complexity index is 579. The van der Waals surface area contributed by atoms with Crippen LogP contribution in [0.25, 0.3) is 11.4 Å². The number of H-pyrrole nitrogens is 1. The van der Waals surface area contributed by atoms with Crippen LogP contribution in [0.15, 0.2) is 16.8 Å². The third kappa shape index (κ3) is 1.83. The van der Waals surface area contributed by atoms with Gasteiger partial charge in [0, 0.05) is 16.6 Å². The van der Waals surface area contributed by atoms with Gasteiger partial charge in [0.1, 0.15) is 10.5 Å². The van der Waals surface area contributed by atoms with Crippen LogP contribution in [0.2, 0.25) is 0 Å². The molecule has 2 heterocycles. The lowest BCUT2D eigenvalue weighted by Gasteiger charge is -2.04. The Hall–Kier alpha value is -1.00. The summed E-state index contributed by atoms with van der Waals surface area (Å²) in [5.74, 6) is 1.61. The van der Waals surface area contributed by atoms with E-state index in [0.717, 1.165) is 5.82 Å². The highest BCUT2D eigenvalue weighted by Gasteiger charge is 2.25. The van der Waals surface area contributed by atoms with Crippen LogP contribution in [0.3, 0.4) is 0 Å². The number of hydrogen-bond donors (Lipinski definition) is 1. The van der Waals surface area contributed by atoms with Gasteiger partial charge in [-0.25, -0.2) is 4.98 Å². The molecule has 2 aromatic rings. The highest BCUT2D eigenvalue weighted by Crippen LogP contribution is 2.39. The second-order valence-corrected chi connectivity index (χ2v) is 5.43. The average Bonchev–Trinajstić information content (AvgIpc) is 3.01. The molecule has 1 saturated carbocycles. The Morgan fingerprint density at radius 1 is 1.44 bits per heavy atom. The lowest BCUT2D eigenvalue weighted by Crippen LogP contribution is -1.94. The Labute approximate surface area is 103 Å². The molecule has 1 N–H and O–H groups in total. The number of nitrogens with zero attached hydrogens (tertiary/aromatic N) is 1. The summed E-state index contributed by atoms with van der Waals surface area (Å²) in [6.45, 7) is 2.11. The number of nitrogens with one attached hydrogen (secondary N) is 1. The van der Waals surface area contributed by atoms with Gasteiger partial charge in [0.25, 0.3) is 0 Å². The monoisotopic (exact) mass is 248 g/mol. The van der Waals surface area contributed by atoms with Crippen molar-refractivity contribution in [3.63, 3.8) is 0 Å². The third-order valence-corrected chi connectivity index (χ3v) is 3.96. The first kappa shape index (κ1) is 10.2. The van der Waals surface area contributed by atoms with Crippen LogP contribution in [-0.2, 0) is 0 Å². The predicted octanol–water partition coefficient (Wildman–Crippen LogP) is 4.05. The van der Waals surface area contributed by atoms with Crippen molar-refractivity contribution in [2.24, 2.45) is 0 Å². The minimum Gasteiger partial charge on any atom is -0.343 e. The quantitative estimate of drug-likeness (QED) is 0.812. The molecule has 0 bridgehead atoms. The average molecular weight is 248 g/mol. The molecule has 3 rings (SSSR count). The molecule has 0 amide bonds. The standard InChI is InChI=1S/C12H12N2S2/c1-7-5-16-6-9(7)12-13-10(8-2-3-8)4-11(15)14-12/h4-6,8H,2-3H2,1H3,(H,13,14,15). The highest BCUT2D eigenvalue weighted by molar-refractivity contribution is 7.71. The summed E-state index contributed by atoms with van der Waals surface area (Å²) >= 11 is 6.93. The SMILES string of the molecule is Cc1cscc1-c1nc(=S)cc(C2CC2)[nH]1. The van der Waals surface area contributed by atoms with E-state index in [9.17, 15) is 0 Å². The first-order chi connectivity index (χ1) is 7.74. The van der Waals surface area contributed by atoms with E-state index < -0.39 is 0 Å². The van der Waals surface area contributed by atoms with Crippen LogP contribution < -0.4 is 0 Å². The third-order valence-electron chi connectivity index (χ3n) is 2.89. The topological polar surface area (TPSA) is 28.7 Å². The van der Waals surface area contributed by atoms with Gasteiger partial charge in [-0.15, -0.1) is 0 Å². The highest BCUT2D eigenvalue weighted by atomic mass is 32.1. The lowest BCUT2D eigenvalue weighted by molar-refractivity contribution is 0.988. The Morgan fingerprint density at radius 2 is 2.25 bits per heavy atom. The van der Waals surface area contributed by atoms with E-state index >= 15 is 0 Å². The van der Waals surface area contributed by atoms with Gasteiger partial charge >= 0.3 is 0 Å². The van der Waals surface area contributed by atoms with E-state index in [2.05, 4.69) is 27.7 Å². The summed E-state index contributed by atoms with van der Waals surface area (Å²) in [6.07, 6.45) is 2.55. The van der Waals surface area contributed by atoms with Crippen LogP contribution in [0.5, 0.6) is 0 Å². The van der Waals surface area contributed by atoms with E-state index in [1.807, 2.05) is 6.07 Å². The fourth-order valence-corrected chi connectivity index (χ4v) is 2.87. The zero-order valence-electron chi connectivity index (χ0n) is 8.99. The molecule has 0 spiro atoms. The van der Waals surface area contributed by atoms with Crippen molar-refractivity contribution in [2.45, 2.75) is 25.7 Å². The number of aryl methyl sites for hydroxylation is 1. The van der Waals surface area contributed by atoms with Gasteiger partial charge in [-0.3, -0.25) is 0 Å². The van der Waals surface area contributed by atoms with Crippen LogP contribution in [0.1, 0.15) is 30.0 Å². The zero-order valence-corrected chi connectivity index (χ0v) is 10.6. The Balaban J connectivity index is 2.13. The van der Waals surface area contributed by atoms with E-state index in [-0.39, 0.29) is 0 Å². The van der Waals surface area contributed by atoms with Gasteiger partial charge in [0.15, 0.2) is 0 Å². The van der Waals surface area contributed by atoms with Crippen molar-refractivity contribution in [2.75, 3.05) is 0 Å². The van der Waals surface area contributed by atoms with Crippen LogP contribution in [-0.4, -0.2) is 9.97 Å². The van der Waals surface area contributed by atoms with Gasteiger partial charge in [0.05, 0.1) is 0 Å². The summed E-state index contributed by atoms with van der Waals surface area (Å²) in [4.78, 5) is 7.83. The molecule has 1 aliphatic carbocycles. The molecule has 0 atom stereocenters. The summed E-state index contributed by atoms with van der Waals surface area (Å²) in [7, 11) is 0. The van der Waals surface area contributed by atoms with Gasteiger partial charge in [-0.05, 0) is 42.7 Å². The minimum absolute atomic E-state index is 0.683. The summed E-state index contributed by atoms with van der Waals surface area (Å²) in [5, 5.41) is 4.26. The largest absolute Gasteiger partial charge is 0.343 e. The van der Waals surface area contributed by atoms with Gasteiger partial charge in [-0.2, -0.15) is 11.3 Å². The van der Waals surface area contributed by atoms with Crippen LogP contribution in [0, 0.1) is 11.6 Å². The first-order valence-electron chi connectivity index (χ1n) is 5.38. The molecule has 4 heteroatoms. The number of aromatic amines is 1. The fourth-order valence-electron chi connectivity index (χ4n) is 1.82. The summed E-state index contributed by atoms with van der Waals surface area (Å²) in [6, 6.07) is 2.00. The summed E-state index contributed by atoms with van der Waals surface area (Å²) in [5.41, 5.74) is 3.69. The smallest absolute Gasteiger partial charge is 0.140 e. The van der Waals surface area contributed by atoms with Crippen LogP contribution in [0.4, 0.5) is 0 Å². The molecule has 16 heavy (non-hydrogen) atoms. The molecule has 82 valence electrons. The lowest BCUT2D eigenvalue weighted by atomic mass is 10.2. The number of thiophene rings is 1. The van der Waals surface area contributed by atoms with Crippen molar-refractivity contribution in [3.05, 3.63) is 32.7 Å². The Morgan fingerprint density at radius 3 is 2.88 bits per heavy atom. The molecule has 0 aliphatic heterocycles. The normalized spacial score (nSPS) is 15.3. The van der Waals surface area contributed by atoms with Crippen molar-refractivity contribution in [3.8, 4) is 11.4 Å². The first-order valence-corrected chi connectivity index (χ1v) is 6.73. The molecular weight excluding hydrogens is 236 g/mol. The maximum absolute atomic E-state index is 5.22. The molecule has 2 nitrogen and oxygen atoms in total. The molecule has 1 aliphatic rings. The molecule has 0 aromatic carbocycles. The maximum atomic E-state index is 5.22. The van der Waals surface area contributed by atoms with Gasteiger partial charge < -0.3 is 4.98 Å². The second-order valence-electron chi connectivity index (χ2n) is 4.27. The molecule has 1 fully saturated rings. The Kier molecular flexibility index (Phi) is 2.41. The minimum atomic E-state index is 0.683. The van der Waals surface area contributed by atoms with Gasteiger partial charge in [-0.1, -0.05) is 12.2 Å². The van der Waals surface area contributed by atoms with E-state index in [1.165, 1.54) is 29.7 Å². The van der Waals surface area contributed by atoms with Crippen molar-refractivity contribution in [1.29, 1.82) is 0 Å². The molecule has 0 radical (unpaired) electrons. The van der Waals surface area contributed by atoms with Crippen molar-refractivity contribution in [1.82, 2.24) is 9.97 Å². The number of aromatic nitrogens is 2. The zero-order chi connectivity index (χ0) is 11.1. The molecule has 0 saturated heterocycles. The molecule has 2 aromatic heterocycles. The number of rotatable bonds is 2. The predicted molar refractivity (Wildman–Crippen MR) is 69.4 cm³/mol. The van der Waals surface area contributed by atoms with Crippen molar-refractivity contribution < 1.29 is 0 Å². The second kappa shape index (κ2) is 3.79. The van der Waals surface area contributed by atoms with Gasteiger partial charge in [0.2, 0.25) is 0 Å². The van der Waals surface area contributed by atoms with E-state index in [0.29, 0.717) is 10.6 Å². The maximum Gasteiger partial charge on any atom is 0.140 e. The summed E-state index contributed by atoms with van der Waals surface area (Å²) < 4.78 is 0.696. The molecule has 0 unspecified atom stereocenters. The van der Waals surface area contributed by atoms with Crippen LogP contribution >= 0.6 is 23.6 Å². The molecular formula is C12H12N2S2.